The van der Waals surface area contributed by atoms with Gasteiger partial charge in [-0.15, -0.1) is 0 Å². The first-order valence-corrected chi connectivity index (χ1v) is 7.03. The predicted octanol–water partition coefficient (Wildman–Crippen LogP) is 2.73. The summed E-state index contributed by atoms with van der Waals surface area (Å²) >= 11 is 0. The number of fused-ring (bicyclic) bond motifs is 1. The van der Waals surface area contributed by atoms with Crippen LogP contribution in [0.5, 0.6) is 0 Å². The maximum absolute atomic E-state index is 12.2. The van der Waals surface area contributed by atoms with Crippen molar-refractivity contribution >= 4 is 22.8 Å². The van der Waals surface area contributed by atoms with Crippen LogP contribution >= 0.6 is 0 Å². The molecule has 1 aliphatic rings. The van der Waals surface area contributed by atoms with Crippen molar-refractivity contribution in [2.75, 3.05) is 6.54 Å². The Hall–Kier alpha value is -2.30. The molecule has 1 amide bonds. The van der Waals surface area contributed by atoms with Gasteiger partial charge in [-0.25, -0.2) is 0 Å². The van der Waals surface area contributed by atoms with E-state index in [1.807, 2.05) is 31.2 Å². The average molecular weight is 287 g/mol. The van der Waals surface area contributed by atoms with Gasteiger partial charge in [0, 0.05) is 17.5 Å². The lowest BCUT2D eigenvalue weighted by molar-refractivity contribution is -0.153. The van der Waals surface area contributed by atoms with Gasteiger partial charge >= 0.3 is 5.97 Å². The molecule has 0 atom stereocenters. The summed E-state index contributed by atoms with van der Waals surface area (Å²) in [5, 5.41) is 12.9. The van der Waals surface area contributed by atoms with Gasteiger partial charge in [0.2, 0.25) is 0 Å². The van der Waals surface area contributed by atoms with Gasteiger partial charge in [0.25, 0.3) is 5.91 Å². The van der Waals surface area contributed by atoms with Crippen LogP contribution in [0.3, 0.4) is 0 Å². The number of para-hydroxylation sites is 1. The SMILES string of the molecule is Cc1c(C(=O)NCC2(C(=O)O)CCC2)oc2ccccc12. The van der Waals surface area contributed by atoms with Crippen LogP contribution in [0.15, 0.2) is 28.7 Å². The minimum atomic E-state index is -0.838. The van der Waals surface area contributed by atoms with E-state index >= 15 is 0 Å². The lowest BCUT2D eigenvalue weighted by Crippen LogP contribution is -2.47. The molecule has 5 nitrogen and oxygen atoms in total. The standard InChI is InChI=1S/C16H17NO4/c1-10-11-5-2-3-6-12(11)21-13(10)14(18)17-9-16(15(19)20)7-4-8-16/h2-3,5-6H,4,7-9H2,1H3,(H,17,18)(H,19,20). The lowest BCUT2D eigenvalue weighted by atomic mass is 9.69. The van der Waals surface area contributed by atoms with Crippen LogP contribution in [-0.4, -0.2) is 23.5 Å². The van der Waals surface area contributed by atoms with Gasteiger partial charge in [0.05, 0.1) is 5.41 Å². The van der Waals surface area contributed by atoms with Gasteiger partial charge in [-0.2, -0.15) is 0 Å². The van der Waals surface area contributed by atoms with Crippen molar-refractivity contribution in [2.45, 2.75) is 26.2 Å². The van der Waals surface area contributed by atoms with E-state index in [1.165, 1.54) is 0 Å². The van der Waals surface area contributed by atoms with Gasteiger partial charge < -0.3 is 14.8 Å². The van der Waals surface area contributed by atoms with Gasteiger partial charge in [0.15, 0.2) is 5.76 Å². The Morgan fingerprint density at radius 3 is 2.62 bits per heavy atom. The molecule has 2 N–H and O–H groups in total. The molecule has 1 aliphatic carbocycles. The van der Waals surface area contributed by atoms with E-state index in [4.69, 9.17) is 4.42 Å². The molecule has 0 bridgehead atoms. The van der Waals surface area contributed by atoms with E-state index in [1.54, 1.807) is 0 Å². The second-order valence-corrected chi connectivity index (χ2v) is 5.67. The van der Waals surface area contributed by atoms with Crippen molar-refractivity contribution in [1.29, 1.82) is 0 Å². The number of amides is 1. The van der Waals surface area contributed by atoms with Crippen molar-refractivity contribution in [3.8, 4) is 0 Å². The topological polar surface area (TPSA) is 79.5 Å². The van der Waals surface area contributed by atoms with Crippen LogP contribution in [-0.2, 0) is 4.79 Å². The van der Waals surface area contributed by atoms with Gasteiger partial charge in [-0.3, -0.25) is 9.59 Å². The first kappa shape index (κ1) is 13.7. The van der Waals surface area contributed by atoms with Crippen LogP contribution in [0.2, 0.25) is 0 Å². The molecule has 1 fully saturated rings. The molecule has 0 radical (unpaired) electrons. The predicted molar refractivity (Wildman–Crippen MR) is 77.2 cm³/mol. The number of aryl methyl sites for hydroxylation is 1. The van der Waals surface area contributed by atoms with E-state index < -0.39 is 11.4 Å². The summed E-state index contributed by atoms with van der Waals surface area (Å²) in [5.41, 5.74) is 0.646. The fourth-order valence-corrected chi connectivity index (χ4v) is 2.79. The van der Waals surface area contributed by atoms with Gasteiger partial charge in [-0.1, -0.05) is 24.6 Å². The minimum Gasteiger partial charge on any atom is -0.481 e. The quantitative estimate of drug-likeness (QED) is 0.906. The monoisotopic (exact) mass is 287 g/mol. The lowest BCUT2D eigenvalue weighted by Gasteiger charge is -2.37. The number of benzene rings is 1. The Bertz CT molecular complexity index is 712. The molecule has 2 aromatic rings. The molecule has 5 heteroatoms. The smallest absolute Gasteiger partial charge is 0.311 e. The number of rotatable bonds is 4. The van der Waals surface area contributed by atoms with E-state index in [2.05, 4.69) is 5.32 Å². The minimum absolute atomic E-state index is 0.150. The first-order valence-electron chi connectivity index (χ1n) is 7.03. The molecule has 3 rings (SSSR count). The summed E-state index contributed by atoms with van der Waals surface area (Å²) in [7, 11) is 0. The number of furan rings is 1. The van der Waals surface area contributed by atoms with E-state index in [0.29, 0.717) is 18.4 Å². The third-order valence-corrected chi connectivity index (χ3v) is 4.40. The molecule has 1 aromatic carbocycles. The largest absolute Gasteiger partial charge is 0.481 e. The zero-order valence-corrected chi connectivity index (χ0v) is 11.8. The summed E-state index contributed by atoms with van der Waals surface area (Å²) in [6, 6.07) is 7.44. The molecule has 110 valence electrons. The number of aliphatic carboxylic acids is 1. The molecule has 0 spiro atoms. The average Bonchev–Trinajstić information content (AvgIpc) is 2.75. The zero-order valence-electron chi connectivity index (χ0n) is 11.8. The molecule has 0 unspecified atom stereocenters. The summed E-state index contributed by atoms with van der Waals surface area (Å²) in [4.78, 5) is 23.5. The number of nitrogens with one attached hydrogen (secondary N) is 1. The number of carbonyl (C=O) groups is 2. The Morgan fingerprint density at radius 2 is 2.05 bits per heavy atom. The van der Waals surface area contributed by atoms with Crippen LogP contribution in [0, 0.1) is 12.3 Å². The number of carboxylic acid groups (broad SMARTS) is 1. The van der Waals surface area contributed by atoms with Crippen molar-refractivity contribution < 1.29 is 19.1 Å². The van der Waals surface area contributed by atoms with Crippen LogP contribution < -0.4 is 5.32 Å². The Balaban J connectivity index is 1.78. The summed E-state index contributed by atoms with van der Waals surface area (Å²) < 4.78 is 5.58. The second-order valence-electron chi connectivity index (χ2n) is 5.67. The summed E-state index contributed by atoms with van der Waals surface area (Å²) in [6.45, 7) is 1.98. The Labute approximate surface area is 121 Å². The number of carbonyl (C=O) groups excluding carboxylic acids is 1. The van der Waals surface area contributed by atoms with Crippen molar-refractivity contribution in [3.63, 3.8) is 0 Å². The first-order chi connectivity index (χ1) is 10.0. The molecular weight excluding hydrogens is 270 g/mol. The fraction of sp³-hybridized carbons (Fsp3) is 0.375. The van der Waals surface area contributed by atoms with E-state index in [-0.39, 0.29) is 18.2 Å². The highest BCUT2D eigenvalue weighted by Crippen LogP contribution is 2.40. The van der Waals surface area contributed by atoms with Gasteiger partial charge in [-0.05, 0) is 25.8 Å². The normalized spacial score (nSPS) is 16.4. The molecule has 1 aromatic heterocycles. The highest BCUT2D eigenvalue weighted by molar-refractivity contribution is 5.99. The van der Waals surface area contributed by atoms with Crippen LogP contribution in [0.25, 0.3) is 11.0 Å². The van der Waals surface area contributed by atoms with E-state index in [9.17, 15) is 14.7 Å². The number of carboxylic acids is 1. The third-order valence-electron chi connectivity index (χ3n) is 4.40. The van der Waals surface area contributed by atoms with Crippen molar-refractivity contribution in [2.24, 2.45) is 5.41 Å². The number of hydrogen-bond donors (Lipinski definition) is 2. The Morgan fingerprint density at radius 1 is 1.33 bits per heavy atom. The zero-order chi connectivity index (χ0) is 15.0. The molecule has 21 heavy (non-hydrogen) atoms. The molecular formula is C16H17NO4. The van der Waals surface area contributed by atoms with Crippen LogP contribution in [0.4, 0.5) is 0 Å². The maximum atomic E-state index is 12.2. The maximum Gasteiger partial charge on any atom is 0.311 e. The second kappa shape index (κ2) is 4.91. The Kier molecular flexibility index (Phi) is 3.20. The van der Waals surface area contributed by atoms with Crippen molar-refractivity contribution in [3.05, 3.63) is 35.6 Å². The molecule has 0 aliphatic heterocycles. The van der Waals surface area contributed by atoms with Crippen molar-refractivity contribution in [1.82, 2.24) is 5.32 Å². The molecule has 1 heterocycles. The number of hydrogen-bond acceptors (Lipinski definition) is 3. The highest BCUT2D eigenvalue weighted by atomic mass is 16.4. The summed E-state index contributed by atoms with van der Waals surface area (Å²) in [5.74, 6) is -0.928. The van der Waals surface area contributed by atoms with E-state index in [0.717, 1.165) is 17.4 Å². The molecule has 0 saturated heterocycles. The van der Waals surface area contributed by atoms with Crippen LogP contribution in [0.1, 0.15) is 35.4 Å². The fourth-order valence-electron chi connectivity index (χ4n) is 2.79. The van der Waals surface area contributed by atoms with Gasteiger partial charge in [0.1, 0.15) is 5.58 Å². The summed E-state index contributed by atoms with van der Waals surface area (Å²) in [6.07, 6.45) is 2.12. The third kappa shape index (κ3) is 2.18. The molecule has 1 saturated carbocycles. The highest BCUT2D eigenvalue weighted by Gasteiger charge is 2.44.